The van der Waals surface area contributed by atoms with Crippen LogP contribution in [0.25, 0.3) is 0 Å². The molecule has 26 heavy (non-hydrogen) atoms. The second kappa shape index (κ2) is 7.09. The number of carbonyl (C=O) groups excluding carboxylic acids is 1. The van der Waals surface area contributed by atoms with Gasteiger partial charge in [0.15, 0.2) is 11.5 Å². The van der Waals surface area contributed by atoms with Crippen molar-refractivity contribution in [2.24, 2.45) is 0 Å². The van der Waals surface area contributed by atoms with E-state index >= 15 is 0 Å². The monoisotopic (exact) mass is 348 g/mol. The summed E-state index contributed by atoms with van der Waals surface area (Å²) in [7, 11) is 0. The summed E-state index contributed by atoms with van der Waals surface area (Å²) >= 11 is 0. The van der Waals surface area contributed by atoms with Gasteiger partial charge < -0.3 is 14.4 Å². The zero-order valence-corrected chi connectivity index (χ0v) is 14.5. The number of ether oxygens (including phenoxy) is 2. The molecule has 0 aromatic heterocycles. The Balaban J connectivity index is 1.59. The summed E-state index contributed by atoms with van der Waals surface area (Å²) in [6, 6.07) is 14.9. The van der Waals surface area contributed by atoms with Gasteiger partial charge in [0, 0.05) is 18.5 Å². The Labute approximate surface area is 152 Å². The van der Waals surface area contributed by atoms with Crippen LogP contribution in [0, 0.1) is 11.3 Å². The number of carbonyl (C=O) groups is 1. The van der Waals surface area contributed by atoms with Crippen LogP contribution in [0.2, 0.25) is 0 Å². The summed E-state index contributed by atoms with van der Waals surface area (Å²) in [4.78, 5) is 14.9. The summed E-state index contributed by atoms with van der Waals surface area (Å²) in [6.45, 7) is 2.05. The van der Waals surface area contributed by atoms with Crippen LogP contribution in [-0.4, -0.2) is 30.6 Å². The van der Waals surface area contributed by atoms with Crippen LogP contribution in [0.1, 0.15) is 46.8 Å². The Morgan fingerprint density at radius 2 is 1.81 bits per heavy atom. The van der Waals surface area contributed by atoms with Gasteiger partial charge in [-0.3, -0.25) is 4.79 Å². The van der Waals surface area contributed by atoms with E-state index in [1.807, 2.05) is 23.1 Å². The molecule has 0 saturated carbocycles. The molecule has 1 fully saturated rings. The standard InChI is InChI=1S/C21H20N2O3/c22-14-15-4-6-16(7-5-15)21(24)23-10-1-3-18(23)17-8-9-19-20(13-17)26-12-2-11-25-19/h4-9,13,18H,1-3,10-12H2/t18-/m0/s1. The second-order valence-corrected chi connectivity index (χ2v) is 6.60. The molecule has 2 aliphatic heterocycles. The van der Waals surface area contributed by atoms with Gasteiger partial charge in [0.25, 0.3) is 5.91 Å². The molecule has 0 radical (unpaired) electrons. The lowest BCUT2D eigenvalue weighted by Crippen LogP contribution is -2.30. The lowest BCUT2D eigenvalue weighted by Gasteiger charge is -2.26. The largest absolute Gasteiger partial charge is 0.490 e. The molecule has 0 unspecified atom stereocenters. The van der Waals surface area contributed by atoms with Crippen LogP contribution in [0.3, 0.4) is 0 Å². The summed E-state index contributed by atoms with van der Waals surface area (Å²) in [5, 5.41) is 8.92. The third kappa shape index (κ3) is 3.11. The maximum Gasteiger partial charge on any atom is 0.254 e. The average molecular weight is 348 g/mol. The molecular formula is C21H20N2O3. The summed E-state index contributed by atoms with van der Waals surface area (Å²) in [6.07, 6.45) is 2.78. The number of hydrogen-bond acceptors (Lipinski definition) is 4. The summed E-state index contributed by atoms with van der Waals surface area (Å²) in [5.74, 6) is 1.54. The quantitative estimate of drug-likeness (QED) is 0.830. The minimum absolute atomic E-state index is 0.00380. The van der Waals surface area contributed by atoms with Crippen LogP contribution in [0.4, 0.5) is 0 Å². The molecule has 2 aromatic carbocycles. The second-order valence-electron chi connectivity index (χ2n) is 6.60. The first kappa shape index (κ1) is 16.5. The van der Waals surface area contributed by atoms with Crippen LogP contribution in [-0.2, 0) is 0 Å². The highest BCUT2D eigenvalue weighted by atomic mass is 16.5. The van der Waals surface area contributed by atoms with Crippen molar-refractivity contribution in [2.45, 2.75) is 25.3 Å². The lowest BCUT2D eigenvalue weighted by molar-refractivity contribution is 0.0735. The number of nitriles is 1. The molecule has 1 saturated heterocycles. The number of fused-ring (bicyclic) bond motifs is 1. The maximum absolute atomic E-state index is 13.0. The molecule has 132 valence electrons. The fourth-order valence-corrected chi connectivity index (χ4v) is 3.60. The van der Waals surface area contributed by atoms with E-state index < -0.39 is 0 Å². The molecule has 2 aliphatic rings. The highest BCUT2D eigenvalue weighted by Crippen LogP contribution is 2.38. The van der Waals surface area contributed by atoms with Crippen LogP contribution < -0.4 is 9.47 Å². The molecule has 5 nitrogen and oxygen atoms in total. The van der Waals surface area contributed by atoms with E-state index in [0.29, 0.717) is 24.3 Å². The Hall–Kier alpha value is -3.00. The maximum atomic E-state index is 13.0. The Bertz CT molecular complexity index is 855. The molecule has 0 bridgehead atoms. The van der Waals surface area contributed by atoms with Crippen molar-refractivity contribution < 1.29 is 14.3 Å². The van der Waals surface area contributed by atoms with Gasteiger partial charge in [0.2, 0.25) is 0 Å². The normalized spacial score (nSPS) is 18.9. The number of amides is 1. The van der Waals surface area contributed by atoms with Crippen molar-refractivity contribution in [2.75, 3.05) is 19.8 Å². The van der Waals surface area contributed by atoms with E-state index in [1.165, 1.54) is 0 Å². The third-order valence-corrected chi connectivity index (χ3v) is 4.93. The predicted octanol–water partition coefficient (Wildman–Crippen LogP) is 3.70. The first-order valence-electron chi connectivity index (χ1n) is 8.97. The van der Waals surface area contributed by atoms with Crippen molar-refractivity contribution in [3.8, 4) is 17.6 Å². The minimum Gasteiger partial charge on any atom is -0.490 e. The fourth-order valence-electron chi connectivity index (χ4n) is 3.60. The smallest absolute Gasteiger partial charge is 0.254 e. The predicted molar refractivity (Wildman–Crippen MR) is 96.2 cm³/mol. The molecule has 2 heterocycles. The van der Waals surface area contributed by atoms with Gasteiger partial charge in [-0.25, -0.2) is 0 Å². The third-order valence-electron chi connectivity index (χ3n) is 4.93. The molecule has 5 heteroatoms. The Kier molecular flexibility index (Phi) is 4.49. The lowest BCUT2D eigenvalue weighted by atomic mass is 10.0. The SMILES string of the molecule is N#Cc1ccc(C(=O)N2CCC[C@H]2c2ccc3c(c2)OCCCO3)cc1. The highest BCUT2D eigenvalue weighted by molar-refractivity contribution is 5.94. The van der Waals surface area contributed by atoms with Gasteiger partial charge in [-0.15, -0.1) is 0 Å². The number of rotatable bonds is 2. The van der Waals surface area contributed by atoms with Crippen molar-refractivity contribution in [3.63, 3.8) is 0 Å². The molecule has 1 amide bonds. The molecule has 1 atom stereocenters. The van der Waals surface area contributed by atoms with E-state index in [0.717, 1.165) is 42.9 Å². The summed E-state index contributed by atoms with van der Waals surface area (Å²) < 4.78 is 11.5. The van der Waals surface area contributed by atoms with Crippen molar-refractivity contribution in [3.05, 3.63) is 59.2 Å². The van der Waals surface area contributed by atoms with E-state index in [9.17, 15) is 4.79 Å². The molecular weight excluding hydrogens is 328 g/mol. The van der Waals surface area contributed by atoms with E-state index in [4.69, 9.17) is 14.7 Å². The van der Waals surface area contributed by atoms with Crippen LogP contribution in [0.5, 0.6) is 11.5 Å². The molecule has 0 spiro atoms. The number of benzene rings is 2. The van der Waals surface area contributed by atoms with Gasteiger partial charge in [0.05, 0.1) is 30.9 Å². The highest BCUT2D eigenvalue weighted by Gasteiger charge is 2.31. The van der Waals surface area contributed by atoms with Crippen molar-refractivity contribution in [1.29, 1.82) is 5.26 Å². The van der Waals surface area contributed by atoms with Crippen LogP contribution in [0.15, 0.2) is 42.5 Å². The van der Waals surface area contributed by atoms with Gasteiger partial charge in [0.1, 0.15) is 0 Å². The first-order chi connectivity index (χ1) is 12.8. The molecule has 2 aromatic rings. The van der Waals surface area contributed by atoms with Crippen molar-refractivity contribution in [1.82, 2.24) is 4.90 Å². The number of hydrogen-bond donors (Lipinski definition) is 0. The first-order valence-corrected chi connectivity index (χ1v) is 8.97. The topological polar surface area (TPSA) is 62.6 Å². The van der Waals surface area contributed by atoms with Gasteiger partial charge >= 0.3 is 0 Å². The Morgan fingerprint density at radius 3 is 2.58 bits per heavy atom. The van der Waals surface area contributed by atoms with Gasteiger partial charge in [-0.1, -0.05) is 6.07 Å². The summed E-state index contributed by atoms with van der Waals surface area (Å²) in [5.41, 5.74) is 2.25. The van der Waals surface area contributed by atoms with E-state index in [-0.39, 0.29) is 11.9 Å². The van der Waals surface area contributed by atoms with Gasteiger partial charge in [-0.2, -0.15) is 5.26 Å². The zero-order valence-electron chi connectivity index (χ0n) is 14.5. The molecule has 0 N–H and O–H groups in total. The van der Waals surface area contributed by atoms with Crippen LogP contribution >= 0.6 is 0 Å². The molecule has 4 rings (SSSR count). The fraction of sp³-hybridized carbons (Fsp3) is 0.333. The van der Waals surface area contributed by atoms with Crippen molar-refractivity contribution >= 4 is 5.91 Å². The zero-order chi connectivity index (χ0) is 17.9. The average Bonchev–Trinajstić information content (AvgIpc) is 3.06. The molecule has 0 aliphatic carbocycles. The van der Waals surface area contributed by atoms with E-state index in [1.54, 1.807) is 24.3 Å². The number of nitrogens with zero attached hydrogens (tertiary/aromatic N) is 2. The Morgan fingerprint density at radius 1 is 1.04 bits per heavy atom. The van der Waals surface area contributed by atoms with E-state index in [2.05, 4.69) is 6.07 Å². The number of likely N-dealkylation sites (tertiary alicyclic amines) is 1. The minimum atomic E-state index is 0.00380. The van der Waals surface area contributed by atoms with Gasteiger partial charge in [-0.05, 0) is 54.8 Å².